The minimum atomic E-state index is -0.136. The van der Waals surface area contributed by atoms with E-state index < -0.39 is 0 Å². The number of hydrogen-bond donors (Lipinski definition) is 1. The Kier molecular flexibility index (Phi) is 9.90. The zero-order valence-electron chi connectivity index (χ0n) is 15.4. The molecule has 0 spiro atoms. The molecule has 0 radical (unpaired) electrons. The van der Waals surface area contributed by atoms with Gasteiger partial charge in [0.1, 0.15) is 11.5 Å². The SMILES string of the molecule is CCCCCCCCCCOc1ccc(/C(C(C)=O)=C(\C)O)cc1. The summed E-state index contributed by atoms with van der Waals surface area (Å²) in [5, 5.41) is 9.62. The van der Waals surface area contributed by atoms with Gasteiger partial charge in [0, 0.05) is 0 Å². The van der Waals surface area contributed by atoms with E-state index in [0.717, 1.165) is 24.3 Å². The van der Waals surface area contributed by atoms with Gasteiger partial charge in [-0.25, -0.2) is 0 Å². The lowest BCUT2D eigenvalue weighted by molar-refractivity contribution is -0.111. The van der Waals surface area contributed by atoms with Crippen LogP contribution in [0.1, 0.15) is 77.7 Å². The summed E-state index contributed by atoms with van der Waals surface area (Å²) in [6, 6.07) is 7.34. The average Bonchev–Trinajstić information content (AvgIpc) is 2.54. The van der Waals surface area contributed by atoms with Gasteiger partial charge in [-0.05, 0) is 38.0 Å². The summed E-state index contributed by atoms with van der Waals surface area (Å²) >= 11 is 0. The molecule has 0 aliphatic carbocycles. The van der Waals surface area contributed by atoms with Gasteiger partial charge in [-0.1, -0.05) is 64.0 Å². The lowest BCUT2D eigenvalue weighted by Gasteiger charge is -2.09. The van der Waals surface area contributed by atoms with Crippen LogP contribution in [0.25, 0.3) is 5.57 Å². The van der Waals surface area contributed by atoms with Gasteiger partial charge in [-0.15, -0.1) is 0 Å². The van der Waals surface area contributed by atoms with E-state index in [0.29, 0.717) is 5.57 Å². The first-order chi connectivity index (χ1) is 11.6. The van der Waals surface area contributed by atoms with E-state index in [9.17, 15) is 9.90 Å². The number of carbonyl (C=O) groups is 1. The number of benzene rings is 1. The average molecular weight is 332 g/mol. The second-order valence-corrected chi connectivity index (χ2v) is 6.36. The van der Waals surface area contributed by atoms with E-state index in [2.05, 4.69) is 6.92 Å². The van der Waals surface area contributed by atoms with Gasteiger partial charge < -0.3 is 9.84 Å². The summed E-state index contributed by atoms with van der Waals surface area (Å²) < 4.78 is 5.74. The number of ketones is 1. The fourth-order valence-electron chi connectivity index (χ4n) is 2.81. The fraction of sp³-hybridized carbons (Fsp3) is 0.571. The lowest BCUT2D eigenvalue weighted by Crippen LogP contribution is -2.00. The number of rotatable bonds is 12. The largest absolute Gasteiger partial charge is 0.512 e. The number of carbonyl (C=O) groups excluding carboxylic acids is 1. The molecule has 0 aliphatic heterocycles. The zero-order chi connectivity index (χ0) is 17.8. The van der Waals surface area contributed by atoms with Crippen molar-refractivity contribution >= 4 is 11.4 Å². The number of ether oxygens (including phenoxy) is 1. The van der Waals surface area contributed by atoms with Crippen molar-refractivity contribution < 1.29 is 14.6 Å². The van der Waals surface area contributed by atoms with Crippen LogP contribution in [0.3, 0.4) is 0 Å². The molecule has 0 saturated heterocycles. The van der Waals surface area contributed by atoms with Gasteiger partial charge >= 0.3 is 0 Å². The van der Waals surface area contributed by atoms with Crippen molar-refractivity contribution in [3.05, 3.63) is 35.6 Å². The van der Waals surface area contributed by atoms with E-state index in [1.165, 1.54) is 58.8 Å². The number of Topliss-reactive ketones (excluding diaryl/α,β-unsaturated/α-hetero) is 1. The molecule has 1 rings (SSSR count). The molecule has 3 nitrogen and oxygen atoms in total. The van der Waals surface area contributed by atoms with Crippen LogP contribution >= 0.6 is 0 Å². The number of aliphatic hydroxyl groups excluding tert-OH is 1. The van der Waals surface area contributed by atoms with E-state index in [4.69, 9.17) is 4.74 Å². The lowest BCUT2D eigenvalue weighted by atomic mass is 10.0. The second kappa shape index (κ2) is 11.7. The molecule has 134 valence electrons. The first-order valence-corrected chi connectivity index (χ1v) is 9.20. The van der Waals surface area contributed by atoms with Crippen LogP contribution in [0.4, 0.5) is 0 Å². The predicted molar refractivity (Wildman–Crippen MR) is 100 cm³/mol. The van der Waals surface area contributed by atoms with Crippen LogP contribution in [0.5, 0.6) is 5.75 Å². The third-order valence-corrected chi connectivity index (χ3v) is 4.12. The van der Waals surface area contributed by atoms with Crippen molar-refractivity contribution in [2.75, 3.05) is 6.61 Å². The highest BCUT2D eigenvalue weighted by Crippen LogP contribution is 2.22. The minimum Gasteiger partial charge on any atom is -0.512 e. The van der Waals surface area contributed by atoms with Crippen LogP contribution in [0.15, 0.2) is 30.0 Å². The van der Waals surface area contributed by atoms with Crippen LogP contribution in [-0.4, -0.2) is 17.5 Å². The highest BCUT2D eigenvalue weighted by Gasteiger charge is 2.10. The van der Waals surface area contributed by atoms with Crippen LogP contribution in [-0.2, 0) is 4.79 Å². The van der Waals surface area contributed by atoms with Gasteiger partial charge in [-0.2, -0.15) is 0 Å². The Balaban J connectivity index is 2.28. The third-order valence-electron chi connectivity index (χ3n) is 4.12. The molecule has 24 heavy (non-hydrogen) atoms. The van der Waals surface area contributed by atoms with Crippen molar-refractivity contribution in [2.45, 2.75) is 72.1 Å². The second-order valence-electron chi connectivity index (χ2n) is 6.36. The molecule has 0 bridgehead atoms. The predicted octanol–water partition coefficient (Wildman–Crippen LogP) is 6.08. The van der Waals surface area contributed by atoms with Crippen molar-refractivity contribution in [2.24, 2.45) is 0 Å². The third kappa shape index (κ3) is 7.67. The summed E-state index contributed by atoms with van der Waals surface area (Å²) in [4.78, 5) is 11.6. The Bertz CT molecular complexity index is 510. The van der Waals surface area contributed by atoms with Crippen molar-refractivity contribution in [1.29, 1.82) is 0 Å². The standard InChI is InChI=1S/C21H32O3/c1-4-5-6-7-8-9-10-11-16-24-20-14-12-19(13-15-20)21(17(2)22)18(3)23/h12-15,22H,4-11,16H2,1-3H3/b21-17+. The van der Waals surface area contributed by atoms with Crippen LogP contribution < -0.4 is 4.74 Å². The highest BCUT2D eigenvalue weighted by molar-refractivity contribution is 6.20. The number of allylic oxidation sites excluding steroid dienone is 2. The van der Waals surface area contributed by atoms with Gasteiger partial charge in [0.15, 0.2) is 5.78 Å². The topological polar surface area (TPSA) is 46.5 Å². The molecule has 1 N–H and O–H groups in total. The number of aliphatic hydroxyl groups is 1. The van der Waals surface area contributed by atoms with E-state index in [1.807, 2.05) is 24.3 Å². The Morgan fingerprint density at radius 3 is 1.96 bits per heavy atom. The maximum absolute atomic E-state index is 11.6. The molecule has 0 saturated carbocycles. The van der Waals surface area contributed by atoms with Crippen molar-refractivity contribution in [3.63, 3.8) is 0 Å². The molecule has 1 aromatic rings. The molecule has 0 amide bonds. The molecule has 0 atom stereocenters. The van der Waals surface area contributed by atoms with Gasteiger partial charge in [0.05, 0.1) is 12.2 Å². The highest BCUT2D eigenvalue weighted by atomic mass is 16.5. The van der Waals surface area contributed by atoms with Gasteiger partial charge in [0.25, 0.3) is 0 Å². The first kappa shape index (κ1) is 20.3. The Morgan fingerprint density at radius 1 is 0.917 bits per heavy atom. The molecule has 0 fully saturated rings. The maximum Gasteiger partial charge on any atom is 0.163 e. The normalized spacial score (nSPS) is 12.0. The fourth-order valence-corrected chi connectivity index (χ4v) is 2.81. The van der Waals surface area contributed by atoms with Crippen LogP contribution in [0, 0.1) is 0 Å². The summed E-state index contributed by atoms with van der Waals surface area (Å²) in [5.41, 5.74) is 1.09. The molecule has 0 aliphatic rings. The van der Waals surface area contributed by atoms with Crippen molar-refractivity contribution in [3.8, 4) is 5.75 Å². The van der Waals surface area contributed by atoms with E-state index >= 15 is 0 Å². The molecule has 0 aromatic heterocycles. The summed E-state index contributed by atoms with van der Waals surface area (Å²) in [6.07, 6.45) is 10.3. The monoisotopic (exact) mass is 332 g/mol. The number of unbranched alkanes of at least 4 members (excludes halogenated alkanes) is 7. The molecular formula is C21H32O3. The van der Waals surface area contributed by atoms with E-state index in [-0.39, 0.29) is 11.5 Å². The Morgan fingerprint density at radius 2 is 1.46 bits per heavy atom. The van der Waals surface area contributed by atoms with Crippen LogP contribution in [0.2, 0.25) is 0 Å². The number of hydrogen-bond acceptors (Lipinski definition) is 3. The smallest absolute Gasteiger partial charge is 0.163 e. The van der Waals surface area contributed by atoms with Gasteiger partial charge in [-0.3, -0.25) is 4.79 Å². The summed E-state index contributed by atoms with van der Waals surface area (Å²) in [7, 11) is 0. The maximum atomic E-state index is 11.6. The van der Waals surface area contributed by atoms with E-state index in [1.54, 1.807) is 0 Å². The van der Waals surface area contributed by atoms with Crippen molar-refractivity contribution in [1.82, 2.24) is 0 Å². The summed E-state index contributed by atoms with van der Waals surface area (Å²) in [5.74, 6) is 0.720. The molecular weight excluding hydrogens is 300 g/mol. The quantitative estimate of drug-likeness (QED) is 0.286. The Hall–Kier alpha value is -1.77. The molecule has 0 unspecified atom stereocenters. The molecule has 1 aromatic carbocycles. The molecule has 0 heterocycles. The molecule has 3 heteroatoms. The zero-order valence-corrected chi connectivity index (χ0v) is 15.4. The van der Waals surface area contributed by atoms with Gasteiger partial charge in [0.2, 0.25) is 0 Å². The summed E-state index contributed by atoms with van der Waals surface area (Å²) in [6.45, 7) is 5.96. The Labute approximate surface area is 146 Å². The first-order valence-electron chi connectivity index (χ1n) is 9.20. The minimum absolute atomic E-state index is 0.0510.